The molecule has 1 N–H and O–H groups in total. The van der Waals surface area contributed by atoms with Crippen molar-refractivity contribution in [1.29, 1.82) is 0 Å². The third-order valence-corrected chi connectivity index (χ3v) is 6.11. The highest BCUT2D eigenvalue weighted by Crippen LogP contribution is 2.30. The van der Waals surface area contributed by atoms with E-state index in [9.17, 15) is 9.50 Å². The van der Waals surface area contributed by atoms with Crippen LogP contribution in [-0.2, 0) is 13.0 Å². The summed E-state index contributed by atoms with van der Waals surface area (Å²) in [5.74, 6) is 0.845. The maximum atomic E-state index is 13.2. The fraction of sp³-hybridized carbons (Fsp3) is 0.107. The van der Waals surface area contributed by atoms with Gasteiger partial charge in [-0.1, -0.05) is 12.1 Å². The molecule has 3 aromatic carbocycles. The highest BCUT2D eigenvalue weighted by atomic mass is 19.1. The lowest BCUT2D eigenvalue weighted by molar-refractivity contribution is 0.299. The largest absolute Gasteiger partial charge is 0.438 e. The number of nitrogens with zero attached hydrogens (tertiary/aromatic N) is 5. The number of rotatable bonds is 7. The molecule has 3 aromatic heterocycles. The molecule has 0 aliphatic heterocycles. The van der Waals surface area contributed by atoms with Gasteiger partial charge in [0, 0.05) is 30.1 Å². The van der Waals surface area contributed by atoms with E-state index in [1.165, 1.54) is 18.5 Å². The van der Waals surface area contributed by atoms with E-state index < -0.39 is 0 Å². The van der Waals surface area contributed by atoms with Gasteiger partial charge in [0.25, 0.3) is 0 Å². The Hall–Kier alpha value is -4.56. The van der Waals surface area contributed by atoms with Gasteiger partial charge in [-0.05, 0) is 72.1 Å². The van der Waals surface area contributed by atoms with E-state index in [0.29, 0.717) is 24.6 Å². The number of fused-ring (bicyclic) bond motifs is 2. The molecule has 6 rings (SSSR count). The predicted molar refractivity (Wildman–Crippen MR) is 135 cm³/mol. The van der Waals surface area contributed by atoms with Crippen molar-refractivity contribution in [1.82, 2.24) is 24.3 Å². The van der Waals surface area contributed by atoms with Crippen molar-refractivity contribution in [2.75, 3.05) is 6.61 Å². The van der Waals surface area contributed by atoms with E-state index in [1.54, 1.807) is 18.3 Å². The van der Waals surface area contributed by atoms with E-state index in [2.05, 4.69) is 15.1 Å². The van der Waals surface area contributed by atoms with Crippen molar-refractivity contribution in [2.24, 2.45) is 0 Å². The Balaban J connectivity index is 1.29. The van der Waals surface area contributed by atoms with Crippen LogP contribution in [0.25, 0.3) is 27.5 Å². The lowest BCUT2D eigenvalue weighted by Crippen LogP contribution is -2.01. The molecule has 0 saturated heterocycles. The Morgan fingerprint density at radius 1 is 0.917 bits per heavy atom. The van der Waals surface area contributed by atoms with Crippen LogP contribution in [-0.4, -0.2) is 36.0 Å². The Labute approximate surface area is 206 Å². The molecule has 8 heteroatoms. The summed E-state index contributed by atoms with van der Waals surface area (Å²) >= 11 is 0. The molecule has 0 bridgehead atoms. The van der Waals surface area contributed by atoms with Gasteiger partial charge in [0.05, 0.1) is 29.2 Å². The number of aliphatic hydroxyl groups is 1. The average Bonchev–Trinajstić information content (AvgIpc) is 3.53. The minimum Gasteiger partial charge on any atom is -0.438 e. The van der Waals surface area contributed by atoms with Crippen LogP contribution in [0.3, 0.4) is 0 Å². The molecule has 7 nitrogen and oxygen atoms in total. The van der Waals surface area contributed by atoms with Crippen LogP contribution in [0.5, 0.6) is 11.6 Å². The number of aliphatic hydroxyl groups excluding tert-OH is 1. The van der Waals surface area contributed by atoms with E-state index >= 15 is 0 Å². The van der Waals surface area contributed by atoms with Gasteiger partial charge in [-0.3, -0.25) is 4.68 Å². The second kappa shape index (κ2) is 9.24. The van der Waals surface area contributed by atoms with Crippen molar-refractivity contribution in [3.05, 3.63) is 109 Å². The average molecular weight is 480 g/mol. The summed E-state index contributed by atoms with van der Waals surface area (Å²) in [6.45, 7) is 0.658. The van der Waals surface area contributed by atoms with Crippen LogP contribution < -0.4 is 4.74 Å². The number of ether oxygens (including phenoxy) is 1. The molecule has 6 aromatic rings. The molecule has 0 aliphatic rings. The third kappa shape index (κ3) is 4.30. The number of benzene rings is 3. The summed E-state index contributed by atoms with van der Waals surface area (Å²) < 4.78 is 23.3. The van der Waals surface area contributed by atoms with E-state index in [4.69, 9.17) is 4.74 Å². The zero-order valence-electron chi connectivity index (χ0n) is 19.3. The highest BCUT2D eigenvalue weighted by Gasteiger charge is 2.11. The Morgan fingerprint density at radius 3 is 2.67 bits per heavy atom. The molecule has 0 amide bonds. The zero-order chi connectivity index (χ0) is 24.5. The first kappa shape index (κ1) is 21.9. The number of hydrogen-bond donors (Lipinski definition) is 1. The first-order chi connectivity index (χ1) is 17.7. The molecule has 36 heavy (non-hydrogen) atoms. The molecule has 0 atom stereocenters. The van der Waals surface area contributed by atoms with Crippen LogP contribution in [0, 0.1) is 5.82 Å². The van der Waals surface area contributed by atoms with Gasteiger partial charge < -0.3 is 14.4 Å². The first-order valence-corrected chi connectivity index (χ1v) is 11.6. The Bertz CT molecular complexity index is 1670. The second-order valence-corrected chi connectivity index (χ2v) is 8.53. The normalized spacial score (nSPS) is 11.4. The molecule has 0 unspecified atom stereocenters. The number of hydrogen-bond acceptors (Lipinski definition) is 5. The molecule has 178 valence electrons. The van der Waals surface area contributed by atoms with Crippen LogP contribution in [0.15, 0.2) is 91.6 Å². The van der Waals surface area contributed by atoms with Crippen molar-refractivity contribution in [3.8, 4) is 17.3 Å². The second-order valence-electron chi connectivity index (χ2n) is 8.53. The summed E-state index contributed by atoms with van der Waals surface area (Å²) in [5.41, 5.74) is 4.71. The smallest absolute Gasteiger partial charge is 0.230 e. The van der Waals surface area contributed by atoms with Gasteiger partial charge in [-0.2, -0.15) is 5.10 Å². The summed E-state index contributed by atoms with van der Waals surface area (Å²) in [6, 6.07) is 20.1. The van der Waals surface area contributed by atoms with E-state index in [0.717, 1.165) is 38.6 Å². The summed E-state index contributed by atoms with van der Waals surface area (Å²) in [6.07, 6.45) is 7.86. The van der Waals surface area contributed by atoms with Crippen molar-refractivity contribution >= 4 is 21.8 Å². The van der Waals surface area contributed by atoms with Gasteiger partial charge in [0.15, 0.2) is 0 Å². The topological polar surface area (TPSA) is 78.0 Å². The molecule has 0 fully saturated rings. The summed E-state index contributed by atoms with van der Waals surface area (Å²) in [4.78, 5) is 8.77. The van der Waals surface area contributed by atoms with Gasteiger partial charge in [-0.25, -0.2) is 14.4 Å². The standard InChI is InChI=1S/C28H22FN5O2/c29-22-3-1-19(2-4-22)17-34-27-8-6-24(13-21(27)15-32-34)36-28-25-14-23(5-7-26(25)30-18-31-28)33-11-9-20(16-33)10-12-35/h1-9,11,13-16,18,35H,10,12,17H2. The van der Waals surface area contributed by atoms with Gasteiger partial charge >= 0.3 is 0 Å². The van der Waals surface area contributed by atoms with Gasteiger partial charge in [0.2, 0.25) is 5.88 Å². The predicted octanol–water partition coefficient (Wildman–Crippen LogP) is 5.28. The molecular formula is C28H22FN5O2. The first-order valence-electron chi connectivity index (χ1n) is 11.6. The third-order valence-electron chi connectivity index (χ3n) is 6.11. The SMILES string of the molecule is OCCc1ccn(-c2ccc3ncnc(Oc4ccc5c(cnn5Cc5ccc(F)cc5)c4)c3c2)c1. The maximum Gasteiger partial charge on any atom is 0.230 e. The fourth-order valence-corrected chi connectivity index (χ4v) is 4.27. The molecule has 3 heterocycles. The Morgan fingerprint density at radius 2 is 1.81 bits per heavy atom. The zero-order valence-corrected chi connectivity index (χ0v) is 19.3. The van der Waals surface area contributed by atoms with Crippen molar-refractivity contribution in [3.63, 3.8) is 0 Å². The van der Waals surface area contributed by atoms with E-state index in [1.807, 2.05) is 64.1 Å². The molecule has 0 saturated carbocycles. The Kier molecular flexibility index (Phi) is 5.63. The van der Waals surface area contributed by atoms with Crippen LogP contribution in [0.1, 0.15) is 11.1 Å². The minimum absolute atomic E-state index is 0.114. The fourth-order valence-electron chi connectivity index (χ4n) is 4.27. The molecule has 0 aliphatic carbocycles. The van der Waals surface area contributed by atoms with Gasteiger partial charge in [0.1, 0.15) is 17.9 Å². The van der Waals surface area contributed by atoms with E-state index in [-0.39, 0.29) is 12.4 Å². The van der Waals surface area contributed by atoms with Crippen LogP contribution in [0.2, 0.25) is 0 Å². The number of halogens is 1. The minimum atomic E-state index is -0.255. The lowest BCUT2D eigenvalue weighted by atomic mass is 10.2. The van der Waals surface area contributed by atoms with Crippen molar-refractivity contribution in [2.45, 2.75) is 13.0 Å². The van der Waals surface area contributed by atoms with Crippen molar-refractivity contribution < 1.29 is 14.2 Å². The number of aromatic nitrogens is 5. The maximum absolute atomic E-state index is 13.2. The molecular weight excluding hydrogens is 457 g/mol. The summed E-state index contributed by atoms with van der Waals surface area (Å²) in [5, 5.41) is 15.4. The quantitative estimate of drug-likeness (QED) is 0.337. The highest BCUT2D eigenvalue weighted by molar-refractivity contribution is 5.86. The summed E-state index contributed by atoms with van der Waals surface area (Å²) in [7, 11) is 0. The molecule has 0 spiro atoms. The van der Waals surface area contributed by atoms with Crippen LogP contribution >= 0.6 is 0 Å². The molecule has 0 radical (unpaired) electrons. The monoisotopic (exact) mass is 479 g/mol. The van der Waals surface area contributed by atoms with Gasteiger partial charge in [-0.15, -0.1) is 0 Å². The van der Waals surface area contributed by atoms with Crippen LogP contribution in [0.4, 0.5) is 4.39 Å². The lowest BCUT2D eigenvalue weighted by Gasteiger charge is -2.10.